The molecule has 0 fully saturated rings. The molecule has 1 N–H and O–H groups in total. The molecule has 0 aliphatic rings. The fourth-order valence-corrected chi connectivity index (χ4v) is 1.43. The summed E-state index contributed by atoms with van der Waals surface area (Å²) in [6, 6.07) is 0. The van der Waals surface area contributed by atoms with Gasteiger partial charge in [0.05, 0.1) is 19.3 Å². The molecule has 7 heteroatoms. The molecule has 0 unspecified atom stereocenters. The van der Waals surface area contributed by atoms with Crippen molar-refractivity contribution in [3.63, 3.8) is 0 Å². The lowest BCUT2D eigenvalue weighted by molar-refractivity contribution is -0.148. The minimum Gasteiger partial charge on any atom is -0.445 e. The molecule has 98 valence electrons. The number of hydrogen-bond acceptors (Lipinski definition) is 4. The highest BCUT2D eigenvalue weighted by Crippen LogP contribution is 2.18. The number of hydrogen-bond donors (Lipinski definition) is 1. The number of aromatic nitrogens is 1. The predicted molar refractivity (Wildman–Crippen MR) is 54.3 cm³/mol. The second-order valence-electron chi connectivity index (χ2n) is 3.77. The third-order valence-electron chi connectivity index (χ3n) is 2.06. The van der Waals surface area contributed by atoms with Gasteiger partial charge in [-0.05, 0) is 13.3 Å². The van der Waals surface area contributed by atoms with Gasteiger partial charge in [0, 0.05) is 13.2 Å². The lowest BCUT2D eigenvalue weighted by Crippen LogP contribution is -2.35. The summed E-state index contributed by atoms with van der Waals surface area (Å²) in [6.07, 6.45) is -2.51. The zero-order chi connectivity index (χ0) is 12.9. The predicted octanol–water partition coefficient (Wildman–Crippen LogP) is 1.73. The molecule has 1 aromatic rings. The molecule has 0 bridgehead atoms. The molecular weight excluding hydrogens is 237 g/mol. The van der Waals surface area contributed by atoms with Crippen molar-refractivity contribution in [3.05, 3.63) is 17.8 Å². The van der Waals surface area contributed by atoms with Crippen molar-refractivity contribution in [1.29, 1.82) is 0 Å². The van der Waals surface area contributed by atoms with Crippen molar-refractivity contribution in [2.75, 3.05) is 19.7 Å². The summed E-state index contributed by atoms with van der Waals surface area (Å²) >= 11 is 0. The summed E-state index contributed by atoms with van der Waals surface area (Å²) < 4.78 is 42.0. The minimum atomic E-state index is -4.27. The normalized spacial score (nSPS) is 12.4. The molecule has 4 nitrogen and oxygen atoms in total. The van der Waals surface area contributed by atoms with Crippen molar-refractivity contribution < 1.29 is 22.7 Å². The van der Waals surface area contributed by atoms with E-state index in [1.807, 2.05) is 0 Å². The average molecular weight is 252 g/mol. The van der Waals surface area contributed by atoms with Crippen molar-refractivity contribution in [3.8, 4) is 0 Å². The first kappa shape index (κ1) is 14.0. The van der Waals surface area contributed by atoms with E-state index in [2.05, 4.69) is 4.98 Å². The number of oxazole rings is 1. The van der Waals surface area contributed by atoms with Gasteiger partial charge in [0.25, 0.3) is 0 Å². The highest BCUT2D eigenvalue weighted by Gasteiger charge is 2.31. The van der Waals surface area contributed by atoms with Crippen LogP contribution in [0.4, 0.5) is 13.2 Å². The summed E-state index contributed by atoms with van der Waals surface area (Å²) in [4.78, 5) is 5.01. The van der Waals surface area contributed by atoms with Gasteiger partial charge in [-0.2, -0.15) is 13.2 Å². The fourth-order valence-electron chi connectivity index (χ4n) is 1.43. The Kier molecular flexibility index (Phi) is 4.95. The third kappa shape index (κ3) is 5.69. The van der Waals surface area contributed by atoms with Crippen molar-refractivity contribution in [2.45, 2.75) is 26.1 Å². The van der Waals surface area contributed by atoms with E-state index in [0.717, 1.165) is 4.90 Å². The monoisotopic (exact) mass is 252 g/mol. The van der Waals surface area contributed by atoms with Crippen LogP contribution in [-0.4, -0.2) is 40.9 Å². The number of nitrogens with zero attached hydrogens (tertiary/aromatic N) is 2. The van der Waals surface area contributed by atoms with Gasteiger partial charge >= 0.3 is 6.18 Å². The molecule has 0 atom stereocenters. The highest BCUT2D eigenvalue weighted by atomic mass is 19.4. The van der Waals surface area contributed by atoms with Gasteiger partial charge in [-0.25, -0.2) is 4.98 Å². The second kappa shape index (κ2) is 6.02. The fraction of sp³-hybridized carbons (Fsp3) is 0.700. The largest absolute Gasteiger partial charge is 0.445 e. The van der Waals surface area contributed by atoms with E-state index in [1.54, 1.807) is 6.92 Å². The quantitative estimate of drug-likeness (QED) is 0.837. The Morgan fingerprint density at radius 1 is 1.47 bits per heavy atom. The lowest BCUT2D eigenvalue weighted by atomic mass is 10.3. The molecular formula is C10H15F3N2O2. The maximum Gasteiger partial charge on any atom is 0.401 e. The summed E-state index contributed by atoms with van der Waals surface area (Å²) in [6.45, 7) is 0.649. The molecule has 0 aliphatic carbocycles. The van der Waals surface area contributed by atoms with Crippen molar-refractivity contribution >= 4 is 0 Å². The number of aryl methyl sites for hydroxylation is 1. The minimum absolute atomic E-state index is 0.00660. The Labute approximate surface area is 97.1 Å². The van der Waals surface area contributed by atoms with Gasteiger partial charge in [0.2, 0.25) is 5.89 Å². The number of aliphatic hydroxyl groups is 1. The standard InChI is InChI=1S/C10H15F3N2O2/c1-8-5-14-9(17-8)6-15(3-2-4-16)7-10(11,12)13/h5,16H,2-4,6-7H2,1H3. The molecule has 0 saturated carbocycles. The molecule has 1 aromatic heterocycles. The molecule has 0 aliphatic heterocycles. The van der Waals surface area contributed by atoms with E-state index in [0.29, 0.717) is 5.76 Å². The Morgan fingerprint density at radius 2 is 2.18 bits per heavy atom. The maximum atomic E-state index is 12.3. The van der Waals surface area contributed by atoms with Crippen LogP contribution in [0.2, 0.25) is 0 Å². The molecule has 0 amide bonds. The second-order valence-corrected chi connectivity index (χ2v) is 3.77. The van der Waals surface area contributed by atoms with Crippen LogP contribution in [0.5, 0.6) is 0 Å². The van der Waals surface area contributed by atoms with Crippen LogP contribution >= 0.6 is 0 Å². The van der Waals surface area contributed by atoms with E-state index in [9.17, 15) is 13.2 Å². The van der Waals surface area contributed by atoms with Crippen LogP contribution in [0.1, 0.15) is 18.1 Å². The lowest BCUT2D eigenvalue weighted by Gasteiger charge is -2.21. The molecule has 0 saturated heterocycles. The topological polar surface area (TPSA) is 49.5 Å². The average Bonchev–Trinajstić information content (AvgIpc) is 2.58. The van der Waals surface area contributed by atoms with Gasteiger partial charge in [-0.1, -0.05) is 0 Å². The summed E-state index contributed by atoms with van der Waals surface area (Å²) in [5, 5.41) is 8.64. The van der Waals surface area contributed by atoms with Gasteiger partial charge in [-0.3, -0.25) is 4.90 Å². The van der Waals surface area contributed by atoms with E-state index in [-0.39, 0.29) is 32.0 Å². The summed E-state index contributed by atoms with van der Waals surface area (Å²) in [5.74, 6) is 0.818. The van der Waals surface area contributed by atoms with Gasteiger partial charge < -0.3 is 9.52 Å². The molecule has 1 heterocycles. The number of aliphatic hydroxyl groups excluding tert-OH is 1. The van der Waals surface area contributed by atoms with E-state index in [4.69, 9.17) is 9.52 Å². The number of rotatable bonds is 6. The molecule has 0 radical (unpaired) electrons. The summed E-state index contributed by atoms with van der Waals surface area (Å²) in [7, 11) is 0. The first-order valence-electron chi connectivity index (χ1n) is 5.22. The maximum absolute atomic E-state index is 12.3. The first-order chi connectivity index (χ1) is 7.90. The Hall–Kier alpha value is -1.08. The van der Waals surface area contributed by atoms with Gasteiger partial charge in [0.15, 0.2) is 0 Å². The summed E-state index contributed by atoms with van der Waals surface area (Å²) in [5.41, 5.74) is 0. The molecule has 0 aromatic carbocycles. The van der Waals surface area contributed by atoms with E-state index >= 15 is 0 Å². The van der Waals surface area contributed by atoms with Crippen LogP contribution in [-0.2, 0) is 6.54 Å². The molecule has 17 heavy (non-hydrogen) atoms. The van der Waals surface area contributed by atoms with Crippen LogP contribution < -0.4 is 0 Å². The smallest absolute Gasteiger partial charge is 0.401 e. The van der Waals surface area contributed by atoms with Crippen molar-refractivity contribution in [1.82, 2.24) is 9.88 Å². The van der Waals surface area contributed by atoms with E-state index < -0.39 is 12.7 Å². The van der Waals surface area contributed by atoms with Crippen molar-refractivity contribution in [2.24, 2.45) is 0 Å². The van der Waals surface area contributed by atoms with Gasteiger partial charge in [-0.15, -0.1) is 0 Å². The van der Waals surface area contributed by atoms with E-state index in [1.165, 1.54) is 6.20 Å². The Bertz CT molecular complexity index is 339. The zero-order valence-corrected chi connectivity index (χ0v) is 9.50. The van der Waals surface area contributed by atoms with Crippen LogP contribution in [0, 0.1) is 6.92 Å². The first-order valence-corrected chi connectivity index (χ1v) is 5.22. The van der Waals surface area contributed by atoms with Gasteiger partial charge in [0.1, 0.15) is 5.76 Å². The van der Waals surface area contributed by atoms with Crippen LogP contribution in [0.3, 0.4) is 0 Å². The molecule has 1 rings (SSSR count). The van der Waals surface area contributed by atoms with Crippen LogP contribution in [0.15, 0.2) is 10.6 Å². The Morgan fingerprint density at radius 3 is 2.65 bits per heavy atom. The number of halogens is 3. The van der Waals surface area contributed by atoms with Crippen LogP contribution in [0.25, 0.3) is 0 Å². The number of alkyl halides is 3. The molecule has 0 spiro atoms. The zero-order valence-electron chi connectivity index (χ0n) is 9.50. The Balaban J connectivity index is 2.56. The highest BCUT2D eigenvalue weighted by molar-refractivity contribution is 4.90. The third-order valence-corrected chi connectivity index (χ3v) is 2.06. The SMILES string of the molecule is Cc1cnc(CN(CCCO)CC(F)(F)F)o1.